The molecule has 0 radical (unpaired) electrons. The Morgan fingerprint density at radius 1 is 1.09 bits per heavy atom. The largest absolute Gasteiger partial charge is 0.439 e. The average Bonchev–Trinajstić information content (AvgIpc) is 2.81. The maximum absolute atomic E-state index is 12.8. The van der Waals surface area contributed by atoms with Crippen molar-refractivity contribution in [1.29, 1.82) is 0 Å². The zero-order chi connectivity index (χ0) is 23.4. The van der Waals surface area contributed by atoms with Crippen LogP contribution in [0.3, 0.4) is 0 Å². The van der Waals surface area contributed by atoms with Crippen LogP contribution in [0, 0.1) is 0 Å². The van der Waals surface area contributed by atoms with Gasteiger partial charge in [-0.05, 0) is 60.7 Å². The van der Waals surface area contributed by atoms with E-state index in [1.807, 2.05) is 17.6 Å². The highest BCUT2D eigenvalue weighted by Crippen LogP contribution is 2.40. The molecule has 0 aliphatic heterocycles. The van der Waals surface area contributed by atoms with Crippen molar-refractivity contribution in [1.82, 2.24) is 4.98 Å². The van der Waals surface area contributed by atoms with Crippen LogP contribution in [0.2, 0.25) is 5.02 Å². The molecule has 1 aliphatic carbocycles. The number of pyridine rings is 1. The predicted octanol–water partition coefficient (Wildman–Crippen LogP) is 5.76. The van der Waals surface area contributed by atoms with E-state index >= 15 is 0 Å². The topological polar surface area (TPSA) is 127 Å². The predicted molar refractivity (Wildman–Crippen MR) is 129 cm³/mol. The molecule has 0 unspecified atom stereocenters. The molecule has 1 aromatic heterocycles. The second-order valence-electron chi connectivity index (χ2n) is 7.94. The van der Waals surface area contributed by atoms with Gasteiger partial charge >= 0.3 is 0 Å². The molecule has 1 fully saturated rings. The van der Waals surface area contributed by atoms with Gasteiger partial charge in [-0.25, -0.2) is 13.4 Å². The van der Waals surface area contributed by atoms with Gasteiger partial charge in [0.15, 0.2) is 0 Å². The Hall–Kier alpha value is -3.01. The number of rotatable bonds is 7. The summed E-state index contributed by atoms with van der Waals surface area (Å²) in [6.07, 6.45) is 7.17. The quantitative estimate of drug-likeness (QED) is 0.246. The monoisotopic (exact) mass is 488 g/mol. The number of nitrogens with two attached hydrogens (primary N) is 1. The summed E-state index contributed by atoms with van der Waals surface area (Å²) in [5, 5.41) is 9.95. The summed E-state index contributed by atoms with van der Waals surface area (Å²) in [7, 11) is -4.02. The van der Waals surface area contributed by atoms with Crippen LogP contribution in [0.15, 0.2) is 59.6 Å². The zero-order valence-electron chi connectivity index (χ0n) is 17.8. The number of hydrogen-bond donors (Lipinski definition) is 4. The molecule has 5 N–H and O–H groups in total. The summed E-state index contributed by atoms with van der Waals surface area (Å²) in [4.78, 5) is 4.06. The Morgan fingerprint density at radius 2 is 1.88 bits per heavy atom. The highest BCUT2D eigenvalue weighted by Gasteiger charge is 2.22. The third kappa shape index (κ3) is 5.32. The fraction of sp³-hybridized carbons (Fsp3) is 0.261. The lowest BCUT2D eigenvalue weighted by atomic mass is 9.84. The standard InChI is InChI=1S/C23H25ClN4O4S/c24-16-9-11-20(18(13-16)15-5-2-1-3-6-15)32-22-12-10-17(14-26-22)28-33(30,31)21-8-4-7-19(25)23(21)27-29/h4,7-15,27-29H,1-3,5-6,25H2. The Labute approximate surface area is 197 Å². The molecule has 33 heavy (non-hydrogen) atoms. The van der Waals surface area contributed by atoms with Crippen molar-refractivity contribution in [3.05, 3.63) is 65.3 Å². The van der Waals surface area contributed by atoms with Crippen LogP contribution in [0.4, 0.5) is 17.1 Å². The maximum Gasteiger partial charge on any atom is 0.264 e. The second kappa shape index (κ2) is 9.86. The second-order valence-corrected chi connectivity index (χ2v) is 10.0. The molecule has 1 aliphatic rings. The molecule has 0 amide bonds. The zero-order valence-corrected chi connectivity index (χ0v) is 19.4. The number of benzene rings is 2. The summed E-state index contributed by atoms with van der Waals surface area (Å²) in [5.74, 6) is 1.43. The summed E-state index contributed by atoms with van der Waals surface area (Å²) in [6.45, 7) is 0. The van der Waals surface area contributed by atoms with Crippen molar-refractivity contribution in [2.45, 2.75) is 42.9 Å². The number of aromatic nitrogens is 1. The normalized spacial score (nSPS) is 14.6. The molecular weight excluding hydrogens is 464 g/mol. The van der Waals surface area contributed by atoms with Gasteiger partial charge in [-0.2, -0.15) is 0 Å². The minimum atomic E-state index is -4.02. The molecule has 0 spiro atoms. The van der Waals surface area contributed by atoms with Crippen LogP contribution < -0.4 is 20.7 Å². The lowest BCUT2D eigenvalue weighted by molar-refractivity contribution is 0.387. The first kappa shape index (κ1) is 23.2. The molecule has 4 rings (SSSR count). The molecule has 1 heterocycles. The number of nitrogens with one attached hydrogen (secondary N) is 2. The van der Waals surface area contributed by atoms with Gasteiger partial charge in [0.05, 0.1) is 17.6 Å². The van der Waals surface area contributed by atoms with Crippen LogP contribution in [0.25, 0.3) is 0 Å². The van der Waals surface area contributed by atoms with Gasteiger partial charge in [0, 0.05) is 11.1 Å². The van der Waals surface area contributed by atoms with Crippen LogP contribution in [-0.2, 0) is 10.0 Å². The lowest BCUT2D eigenvalue weighted by Gasteiger charge is -2.24. The molecule has 8 nitrogen and oxygen atoms in total. The van der Waals surface area contributed by atoms with Gasteiger partial charge in [-0.3, -0.25) is 15.4 Å². The molecule has 0 atom stereocenters. The van der Waals surface area contributed by atoms with Crippen LogP contribution in [0.5, 0.6) is 11.6 Å². The van der Waals surface area contributed by atoms with E-state index in [4.69, 9.17) is 22.1 Å². The van der Waals surface area contributed by atoms with Crippen molar-refractivity contribution < 1.29 is 18.4 Å². The van der Waals surface area contributed by atoms with Crippen LogP contribution in [-0.4, -0.2) is 18.6 Å². The third-order valence-corrected chi connectivity index (χ3v) is 7.34. The lowest BCUT2D eigenvalue weighted by Crippen LogP contribution is -2.15. The summed E-state index contributed by atoms with van der Waals surface area (Å²) in [6, 6.07) is 13.0. The van der Waals surface area contributed by atoms with Crippen molar-refractivity contribution in [2.75, 3.05) is 15.9 Å². The van der Waals surface area contributed by atoms with E-state index in [0.717, 1.165) is 18.4 Å². The number of ether oxygens (including phenoxy) is 1. The van der Waals surface area contributed by atoms with E-state index in [-0.39, 0.29) is 22.0 Å². The summed E-state index contributed by atoms with van der Waals surface area (Å²) >= 11 is 6.24. The number of halogens is 1. The van der Waals surface area contributed by atoms with Crippen molar-refractivity contribution >= 4 is 38.7 Å². The van der Waals surface area contributed by atoms with E-state index in [1.165, 1.54) is 43.7 Å². The smallest absolute Gasteiger partial charge is 0.264 e. The van der Waals surface area contributed by atoms with Gasteiger partial charge in [-0.1, -0.05) is 36.9 Å². The first-order valence-electron chi connectivity index (χ1n) is 10.6. The molecule has 2 aromatic carbocycles. The van der Waals surface area contributed by atoms with Gasteiger partial charge in [0.2, 0.25) is 5.88 Å². The Kier molecular flexibility index (Phi) is 6.92. The van der Waals surface area contributed by atoms with Crippen LogP contribution in [0.1, 0.15) is 43.6 Å². The number of nitrogen functional groups attached to an aromatic ring is 1. The van der Waals surface area contributed by atoms with Gasteiger partial charge < -0.3 is 10.5 Å². The number of anilines is 3. The molecule has 3 aromatic rings. The van der Waals surface area contributed by atoms with Crippen molar-refractivity contribution in [2.24, 2.45) is 0 Å². The fourth-order valence-electron chi connectivity index (χ4n) is 4.06. The van der Waals surface area contributed by atoms with Gasteiger partial charge in [0.1, 0.15) is 16.3 Å². The molecule has 0 bridgehead atoms. The average molecular weight is 489 g/mol. The molecule has 10 heteroatoms. The van der Waals surface area contributed by atoms with Crippen molar-refractivity contribution in [3.8, 4) is 11.6 Å². The number of nitrogens with zero attached hydrogens (tertiary/aromatic N) is 1. The van der Waals surface area contributed by atoms with E-state index in [2.05, 4.69) is 9.71 Å². The van der Waals surface area contributed by atoms with E-state index in [1.54, 1.807) is 18.2 Å². The number of hydrogen-bond acceptors (Lipinski definition) is 7. The Balaban J connectivity index is 1.52. The molecule has 1 saturated carbocycles. The Bertz CT molecular complexity index is 1230. The summed E-state index contributed by atoms with van der Waals surface area (Å²) in [5.41, 5.74) is 8.88. The van der Waals surface area contributed by atoms with E-state index in [9.17, 15) is 13.6 Å². The highest BCUT2D eigenvalue weighted by atomic mass is 35.5. The maximum atomic E-state index is 12.8. The minimum Gasteiger partial charge on any atom is -0.439 e. The molecule has 174 valence electrons. The van der Waals surface area contributed by atoms with Gasteiger partial charge in [0.25, 0.3) is 10.0 Å². The fourth-order valence-corrected chi connectivity index (χ4v) is 5.47. The van der Waals surface area contributed by atoms with E-state index < -0.39 is 10.0 Å². The van der Waals surface area contributed by atoms with E-state index in [0.29, 0.717) is 22.6 Å². The van der Waals surface area contributed by atoms with Gasteiger partial charge in [-0.15, -0.1) is 0 Å². The summed E-state index contributed by atoms with van der Waals surface area (Å²) < 4.78 is 34.0. The third-order valence-electron chi connectivity index (χ3n) is 5.68. The minimum absolute atomic E-state index is 0.0963. The molecular formula is C23H25ClN4O4S. The Morgan fingerprint density at radius 3 is 2.58 bits per heavy atom. The first-order valence-corrected chi connectivity index (χ1v) is 12.5. The highest BCUT2D eigenvalue weighted by molar-refractivity contribution is 7.92. The van der Waals surface area contributed by atoms with Crippen LogP contribution >= 0.6 is 11.6 Å². The first-order chi connectivity index (χ1) is 15.9. The number of sulfonamides is 1. The number of para-hydroxylation sites is 1. The van der Waals surface area contributed by atoms with Crippen molar-refractivity contribution in [3.63, 3.8) is 0 Å². The SMILES string of the molecule is Nc1cccc(S(=O)(=O)Nc2ccc(Oc3ccc(Cl)cc3C3CCCCC3)nc2)c1NO. The molecule has 0 saturated heterocycles.